The van der Waals surface area contributed by atoms with Crippen LogP contribution in [0.2, 0.25) is 0 Å². The van der Waals surface area contributed by atoms with Crippen molar-refractivity contribution in [1.82, 2.24) is 10.0 Å². The maximum absolute atomic E-state index is 13.2. The van der Waals surface area contributed by atoms with Crippen molar-refractivity contribution in [2.75, 3.05) is 7.05 Å². The van der Waals surface area contributed by atoms with Crippen molar-refractivity contribution in [3.05, 3.63) is 34.4 Å². The summed E-state index contributed by atoms with van der Waals surface area (Å²) in [5.41, 5.74) is 0.852. The van der Waals surface area contributed by atoms with Crippen molar-refractivity contribution in [2.24, 2.45) is 0 Å². The Hall–Kier alpha value is -1.99. The number of hydrogen-bond acceptors (Lipinski definition) is 5. The number of aromatic nitrogens is 1. The summed E-state index contributed by atoms with van der Waals surface area (Å²) >= 11 is 1.04. The summed E-state index contributed by atoms with van der Waals surface area (Å²) in [6.07, 6.45) is 0. The number of phenolic OH excluding ortho intramolecular Hbond substituents is 1. The Morgan fingerprint density at radius 2 is 2.22 bits per heavy atom. The van der Waals surface area contributed by atoms with Gasteiger partial charge >= 0.3 is 5.91 Å². The maximum Gasteiger partial charge on any atom is 0.305 e. The molecule has 0 fully saturated rings. The number of hydroxylamine groups is 2. The quantitative estimate of drug-likeness (QED) is 0.646. The molecule has 2 N–H and O–H groups in total. The summed E-state index contributed by atoms with van der Waals surface area (Å²) in [6, 6.07) is 3.83. The molecule has 0 radical (unpaired) electrons. The van der Waals surface area contributed by atoms with Gasteiger partial charge in [0.2, 0.25) is 0 Å². The lowest BCUT2D eigenvalue weighted by molar-refractivity contribution is -0.0375. The van der Waals surface area contributed by atoms with Crippen molar-refractivity contribution < 1.29 is 19.5 Å². The van der Waals surface area contributed by atoms with Crippen LogP contribution in [0.15, 0.2) is 23.6 Å². The Bertz CT molecular complexity index is 598. The molecule has 1 heterocycles. The molecule has 7 heteroatoms. The third-order valence-electron chi connectivity index (χ3n) is 2.22. The lowest BCUT2D eigenvalue weighted by Crippen LogP contribution is -2.22. The van der Waals surface area contributed by atoms with E-state index < -0.39 is 17.5 Å². The Balaban J connectivity index is 2.35. The van der Waals surface area contributed by atoms with Crippen LogP contribution in [0.4, 0.5) is 4.39 Å². The van der Waals surface area contributed by atoms with Crippen LogP contribution in [0.25, 0.3) is 11.3 Å². The normalized spacial score (nSPS) is 10.4. The van der Waals surface area contributed by atoms with Gasteiger partial charge in [-0.05, 0) is 18.2 Å². The second kappa shape index (κ2) is 4.71. The van der Waals surface area contributed by atoms with Crippen molar-refractivity contribution in [3.8, 4) is 17.0 Å². The third kappa shape index (κ3) is 2.31. The summed E-state index contributed by atoms with van der Waals surface area (Å²) in [4.78, 5) is 15.4. The highest BCUT2D eigenvalue weighted by molar-refractivity contribution is 7.12. The van der Waals surface area contributed by atoms with E-state index in [1.807, 2.05) is 0 Å². The molecule has 94 valence electrons. The van der Waals surface area contributed by atoms with Gasteiger partial charge < -0.3 is 5.11 Å². The summed E-state index contributed by atoms with van der Waals surface area (Å²) in [6.45, 7) is 0. The number of halogens is 1. The van der Waals surface area contributed by atoms with Gasteiger partial charge in [-0.3, -0.25) is 10.0 Å². The molecule has 2 rings (SSSR count). The summed E-state index contributed by atoms with van der Waals surface area (Å²) in [7, 11) is 1.20. The molecule has 5 nitrogen and oxygen atoms in total. The minimum absolute atomic E-state index is 0.100. The van der Waals surface area contributed by atoms with Gasteiger partial charge in [-0.2, -0.15) is 0 Å². The predicted octanol–water partition coefficient (Wildman–Crippen LogP) is 2.12. The molecule has 0 saturated carbocycles. The topological polar surface area (TPSA) is 73.7 Å². The second-order valence-electron chi connectivity index (χ2n) is 3.53. The molecule has 0 unspecified atom stereocenters. The fraction of sp³-hybridized carbons (Fsp3) is 0.0909. The average molecular weight is 268 g/mol. The van der Waals surface area contributed by atoms with E-state index in [4.69, 9.17) is 10.3 Å². The molecule has 1 amide bonds. The molecule has 1 aromatic heterocycles. The molecule has 1 aromatic carbocycles. The number of rotatable bonds is 2. The fourth-order valence-electron chi connectivity index (χ4n) is 1.31. The van der Waals surface area contributed by atoms with Crippen LogP contribution in [0.1, 0.15) is 9.80 Å². The first-order valence-corrected chi connectivity index (χ1v) is 5.78. The van der Waals surface area contributed by atoms with Gasteiger partial charge in [0, 0.05) is 18.0 Å². The minimum atomic E-state index is -0.757. The van der Waals surface area contributed by atoms with Gasteiger partial charge in [0.15, 0.2) is 16.6 Å². The van der Waals surface area contributed by atoms with Gasteiger partial charge in [-0.15, -0.1) is 11.3 Å². The van der Waals surface area contributed by atoms with Crippen LogP contribution >= 0.6 is 11.3 Å². The van der Waals surface area contributed by atoms with Gasteiger partial charge in [0.1, 0.15) is 0 Å². The van der Waals surface area contributed by atoms with Crippen molar-refractivity contribution in [3.63, 3.8) is 0 Å². The lowest BCUT2D eigenvalue weighted by atomic mass is 10.1. The minimum Gasteiger partial charge on any atom is -0.505 e. The first-order valence-electron chi connectivity index (χ1n) is 4.90. The van der Waals surface area contributed by atoms with Crippen molar-refractivity contribution in [2.45, 2.75) is 0 Å². The first-order chi connectivity index (χ1) is 8.49. The monoisotopic (exact) mass is 268 g/mol. The molecule has 0 atom stereocenters. The smallest absolute Gasteiger partial charge is 0.305 e. The molecule has 0 aliphatic heterocycles. The van der Waals surface area contributed by atoms with Crippen molar-refractivity contribution in [1.29, 1.82) is 0 Å². The number of hydrogen-bond donors (Lipinski definition) is 2. The molecular formula is C11H9FN2O3S. The predicted molar refractivity (Wildman–Crippen MR) is 63.1 cm³/mol. The largest absolute Gasteiger partial charge is 0.505 e. The zero-order chi connectivity index (χ0) is 13.3. The van der Waals surface area contributed by atoms with Crippen LogP contribution in [-0.2, 0) is 0 Å². The van der Waals surface area contributed by atoms with E-state index in [0.29, 0.717) is 16.3 Å². The van der Waals surface area contributed by atoms with Crippen LogP contribution in [0.5, 0.6) is 5.75 Å². The molecule has 2 aromatic rings. The fourth-order valence-corrected chi connectivity index (χ4v) is 2.11. The van der Waals surface area contributed by atoms with E-state index in [1.165, 1.54) is 19.2 Å². The number of nitrogens with zero attached hydrogens (tertiary/aromatic N) is 2. The van der Waals surface area contributed by atoms with Gasteiger partial charge in [0.25, 0.3) is 0 Å². The summed E-state index contributed by atoms with van der Waals surface area (Å²) in [5.74, 6) is -1.83. The van der Waals surface area contributed by atoms with Crippen molar-refractivity contribution >= 4 is 17.2 Å². The SMILES string of the molecule is CN(O)C(=O)c1nc(-c2ccc(O)c(F)c2)cs1. The number of benzene rings is 1. The number of thiazole rings is 1. The molecule has 0 bridgehead atoms. The first kappa shape index (κ1) is 12.5. The number of aromatic hydroxyl groups is 1. The van der Waals surface area contributed by atoms with Gasteiger partial charge in [0.05, 0.1) is 5.69 Å². The highest BCUT2D eigenvalue weighted by Crippen LogP contribution is 2.26. The van der Waals surface area contributed by atoms with E-state index in [0.717, 1.165) is 17.4 Å². The molecule has 18 heavy (non-hydrogen) atoms. The van der Waals surface area contributed by atoms with E-state index in [1.54, 1.807) is 5.38 Å². The lowest BCUT2D eigenvalue weighted by Gasteiger charge is -2.04. The van der Waals surface area contributed by atoms with Crippen LogP contribution < -0.4 is 0 Å². The zero-order valence-corrected chi connectivity index (χ0v) is 10.1. The summed E-state index contributed by atoms with van der Waals surface area (Å²) in [5, 5.41) is 20.2. The Kier molecular flexibility index (Phi) is 3.26. The summed E-state index contributed by atoms with van der Waals surface area (Å²) < 4.78 is 13.2. The standard InChI is InChI=1S/C11H9FN2O3S/c1-14(17)11(16)10-13-8(5-18-10)6-2-3-9(15)7(12)4-6/h2-5,15,17H,1H3. The van der Waals surface area contributed by atoms with E-state index in [2.05, 4.69) is 4.98 Å². The van der Waals surface area contributed by atoms with Gasteiger partial charge in [-0.1, -0.05) is 0 Å². The van der Waals surface area contributed by atoms with Crippen LogP contribution in [-0.4, -0.2) is 33.3 Å². The highest BCUT2D eigenvalue weighted by atomic mass is 32.1. The molecule has 0 saturated heterocycles. The Morgan fingerprint density at radius 1 is 1.50 bits per heavy atom. The van der Waals surface area contributed by atoms with E-state index in [-0.39, 0.29) is 5.01 Å². The molecule has 0 aliphatic rings. The number of carbonyl (C=O) groups is 1. The van der Waals surface area contributed by atoms with Gasteiger partial charge in [-0.25, -0.2) is 14.4 Å². The third-order valence-corrected chi connectivity index (χ3v) is 3.05. The maximum atomic E-state index is 13.2. The van der Waals surface area contributed by atoms with E-state index >= 15 is 0 Å². The highest BCUT2D eigenvalue weighted by Gasteiger charge is 2.15. The van der Waals surface area contributed by atoms with E-state index in [9.17, 15) is 9.18 Å². The average Bonchev–Trinajstić information content (AvgIpc) is 2.81. The zero-order valence-electron chi connectivity index (χ0n) is 9.29. The molecule has 0 spiro atoms. The Labute approximate surface area is 106 Å². The number of carbonyl (C=O) groups excluding carboxylic acids is 1. The number of phenols is 1. The Morgan fingerprint density at radius 3 is 2.83 bits per heavy atom. The number of amides is 1. The molecular weight excluding hydrogens is 259 g/mol. The van der Waals surface area contributed by atoms with Crippen LogP contribution in [0.3, 0.4) is 0 Å². The molecule has 0 aliphatic carbocycles. The van der Waals surface area contributed by atoms with Crippen LogP contribution in [0, 0.1) is 5.82 Å². The second-order valence-corrected chi connectivity index (χ2v) is 4.39.